The summed E-state index contributed by atoms with van der Waals surface area (Å²) in [6, 6.07) is 7.23. The molecule has 0 spiro atoms. The molecule has 0 saturated heterocycles. The van der Waals surface area contributed by atoms with Crippen LogP contribution in [0, 0.1) is 27.9 Å². The van der Waals surface area contributed by atoms with Crippen molar-refractivity contribution in [1.82, 2.24) is 0 Å². The van der Waals surface area contributed by atoms with Crippen LogP contribution in [0.5, 0.6) is 0 Å². The lowest BCUT2D eigenvalue weighted by Crippen LogP contribution is -2.28. The predicted molar refractivity (Wildman–Crippen MR) is 100 cm³/mol. The van der Waals surface area contributed by atoms with E-state index in [1.54, 1.807) is 19.1 Å². The summed E-state index contributed by atoms with van der Waals surface area (Å²) >= 11 is 1.47. The Morgan fingerprint density at radius 3 is 2.74 bits per heavy atom. The number of esters is 1. The highest BCUT2D eigenvalue weighted by Crippen LogP contribution is 2.36. The third-order valence-corrected chi connectivity index (χ3v) is 5.47. The molecule has 8 nitrogen and oxygen atoms in total. The van der Waals surface area contributed by atoms with E-state index in [0.717, 1.165) is 4.90 Å². The Hall–Kier alpha value is -2.42. The van der Waals surface area contributed by atoms with Crippen molar-refractivity contribution in [2.45, 2.75) is 24.7 Å². The van der Waals surface area contributed by atoms with E-state index in [-0.39, 0.29) is 31.1 Å². The molecule has 1 aromatic carbocycles. The summed E-state index contributed by atoms with van der Waals surface area (Å²) in [7, 11) is 0. The van der Waals surface area contributed by atoms with Gasteiger partial charge in [0.1, 0.15) is 5.78 Å². The highest BCUT2D eigenvalue weighted by Gasteiger charge is 2.44. The predicted octanol–water partition coefficient (Wildman–Crippen LogP) is 2.40. The number of carbonyl (C=O) groups is 3. The van der Waals surface area contributed by atoms with E-state index in [4.69, 9.17) is 4.74 Å². The van der Waals surface area contributed by atoms with Gasteiger partial charge in [-0.05, 0) is 24.3 Å². The normalized spacial score (nSPS) is 21.7. The Kier molecular flexibility index (Phi) is 7.35. The first-order chi connectivity index (χ1) is 12.8. The lowest BCUT2D eigenvalue weighted by molar-refractivity contribution is -0.490. The number of ether oxygens (including phenoxy) is 1. The van der Waals surface area contributed by atoms with Crippen LogP contribution in [0.2, 0.25) is 0 Å². The highest BCUT2D eigenvalue weighted by atomic mass is 32.2. The Bertz CT molecular complexity index is 738. The minimum absolute atomic E-state index is 0.146. The number of carbonyl (C=O) groups excluding carboxylic acids is 3. The number of hydrogen-bond acceptors (Lipinski definition) is 7. The van der Waals surface area contributed by atoms with E-state index >= 15 is 0 Å². The van der Waals surface area contributed by atoms with Gasteiger partial charge in [-0.2, -0.15) is 0 Å². The summed E-state index contributed by atoms with van der Waals surface area (Å²) in [5.74, 6) is -2.71. The van der Waals surface area contributed by atoms with Crippen LogP contribution in [-0.4, -0.2) is 42.0 Å². The van der Waals surface area contributed by atoms with E-state index in [1.807, 2.05) is 18.4 Å². The number of para-hydroxylation sites is 1. The zero-order chi connectivity index (χ0) is 20.0. The molecule has 0 radical (unpaired) electrons. The molecule has 1 amide bonds. The van der Waals surface area contributed by atoms with Gasteiger partial charge in [0.15, 0.2) is 6.61 Å². The van der Waals surface area contributed by atoms with Gasteiger partial charge in [-0.25, -0.2) is 0 Å². The Morgan fingerprint density at radius 2 is 2.07 bits per heavy atom. The third kappa shape index (κ3) is 5.78. The molecule has 0 bridgehead atoms. The number of ketones is 1. The van der Waals surface area contributed by atoms with Crippen molar-refractivity contribution in [1.29, 1.82) is 0 Å². The highest BCUT2D eigenvalue weighted by molar-refractivity contribution is 7.98. The topological polar surface area (TPSA) is 116 Å². The molecule has 3 atom stereocenters. The summed E-state index contributed by atoms with van der Waals surface area (Å²) in [6.45, 7) is 0.947. The summed E-state index contributed by atoms with van der Waals surface area (Å²) in [4.78, 5) is 47.3. The third-order valence-electron chi connectivity index (χ3n) is 4.68. The largest absolute Gasteiger partial charge is 0.456 e. The van der Waals surface area contributed by atoms with Crippen molar-refractivity contribution in [3.63, 3.8) is 0 Å². The molecule has 1 saturated carbocycles. The Morgan fingerprint density at radius 1 is 1.37 bits per heavy atom. The fourth-order valence-electron chi connectivity index (χ4n) is 3.32. The van der Waals surface area contributed by atoms with Crippen LogP contribution in [0.1, 0.15) is 19.8 Å². The molecule has 1 N–H and O–H groups in total. The van der Waals surface area contributed by atoms with Gasteiger partial charge in [-0.15, -0.1) is 11.8 Å². The molecule has 1 aliphatic rings. The number of rotatable bonds is 8. The molecule has 27 heavy (non-hydrogen) atoms. The van der Waals surface area contributed by atoms with Crippen molar-refractivity contribution in [2.24, 2.45) is 17.8 Å². The lowest BCUT2D eigenvalue weighted by Gasteiger charge is -2.17. The number of anilines is 1. The molecular formula is C18H22N2O6S. The average Bonchev–Trinajstić information content (AvgIpc) is 2.87. The molecule has 1 aromatic rings. The van der Waals surface area contributed by atoms with Crippen molar-refractivity contribution < 1.29 is 24.0 Å². The summed E-state index contributed by atoms with van der Waals surface area (Å²) in [5.41, 5.74) is 0.622. The standard InChI is InChI=1S/C18H22N2O6S/c1-11-7-15(21)12(13(11)9-20(24)25)8-18(23)26-10-17(22)19-14-5-3-4-6-16(14)27-2/h3-6,11-13H,7-10H2,1-2H3,(H,19,22)/t11-,12+,13-/m1/s1. The number of Topliss-reactive ketones (excluding diaryl/α,β-unsaturated/α-hetero) is 1. The summed E-state index contributed by atoms with van der Waals surface area (Å²) in [5, 5.41) is 13.5. The molecule has 0 aromatic heterocycles. The van der Waals surface area contributed by atoms with Crippen molar-refractivity contribution in [3.05, 3.63) is 34.4 Å². The van der Waals surface area contributed by atoms with Crippen LogP contribution in [0.4, 0.5) is 5.69 Å². The van der Waals surface area contributed by atoms with Crippen molar-refractivity contribution >= 4 is 35.1 Å². The monoisotopic (exact) mass is 394 g/mol. The average molecular weight is 394 g/mol. The Balaban J connectivity index is 1.87. The van der Waals surface area contributed by atoms with Gasteiger partial charge < -0.3 is 10.1 Å². The lowest BCUT2D eigenvalue weighted by atomic mass is 9.88. The first-order valence-corrected chi connectivity index (χ1v) is 9.77. The number of amides is 1. The molecule has 0 unspecified atom stereocenters. The second-order valence-electron chi connectivity index (χ2n) is 6.55. The number of thioether (sulfide) groups is 1. The number of benzene rings is 1. The fourth-order valence-corrected chi connectivity index (χ4v) is 3.87. The molecule has 1 fully saturated rings. The number of nitrogens with one attached hydrogen (secondary N) is 1. The van der Waals surface area contributed by atoms with Gasteiger partial charge in [0, 0.05) is 28.1 Å². The van der Waals surface area contributed by atoms with Gasteiger partial charge in [0.05, 0.1) is 12.1 Å². The van der Waals surface area contributed by atoms with Crippen molar-refractivity contribution in [2.75, 3.05) is 24.7 Å². The van der Waals surface area contributed by atoms with Crippen LogP contribution in [0.3, 0.4) is 0 Å². The smallest absolute Gasteiger partial charge is 0.307 e. The van der Waals surface area contributed by atoms with Gasteiger partial charge in [0.2, 0.25) is 6.54 Å². The van der Waals surface area contributed by atoms with Gasteiger partial charge in [-0.1, -0.05) is 19.1 Å². The second kappa shape index (κ2) is 9.50. The molecule has 2 rings (SSSR count). The summed E-state index contributed by atoms with van der Waals surface area (Å²) in [6.07, 6.45) is 1.87. The van der Waals surface area contributed by atoms with Gasteiger partial charge in [0.25, 0.3) is 5.91 Å². The SMILES string of the molecule is CSc1ccccc1NC(=O)COC(=O)C[C@@H]1C(=O)C[C@@H](C)[C@H]1C[N+](=O)[O-]. The maximum atomic E-state index is 12.0. The zero-order valence-corrected chi connectivity index (χ0v) is 16.0. The quantitative estimate of drug-likeness (QED) is 0.311. The maximum absolute atomic E-state index is 12.0. The molecule has 1 aliphatic carbocycles. The molecule has 0 heterocycles. The summed E-state index contributed by atoms with van der Waals surface area (Å²) < 4.78 is 4.97. The first-order valence-electron chi connectivity index (χ1n) is 8.54. The molecule has 9 heteroatoms. The number of hydrogen-bond donors (Lipinski definition) is 1. The molecule has 146 valence electrons. The minimum Gasteiger partial charge on any atom is -0.456 e. The molecule has 0 aliphatic heterocycles. The van der Waals surface area contributed by atoms with Crippen LogP contribution in [0.25, 0.3) is 0 Å². The molecular weight excluding hydrogens is 372 g/mol. The van der Waals surface area contributed by atoms with E-state index < -0.39 is 35.2 Å². The van der Waals surface area contributed by atoms with Crippen LogP contribution in [-0.2, 0) is 19.1 Å². The zero-order valence-electron chi connectivity index (χ0n) is 15.2. The van der Waals surface area contributed by atoms with E-state index in [2.05, 4.69) is 5.32 Å². The van der Waals surface area contributed by atoms with E-state index in [9.17, 15) is 24.5 Å². The fraction of sp³-hybridized carbons (Fsp3) is 0.500. The van der Waals surface area contributed by atoms with Crippen LogP contribution >= 0.6 is 11.8 Å². The number of nitro groups is 1. The maximum Gasteiger partial charge on any atom is 0.307 e. The van der Waals surface area contributed by atoms with Gasteiger partial charge in [-0.3, -0.25) is 24.5 Å². The van der Waals surface area contributed by atoms with Crippen molar-refractivity contribution in [3.8, 4) is 0 Å². The first kappa shape index (κ1) is 20.9. The van der Waals surface area contributed by atoms with Gasteiger partial charge >= 0.3 is 5.97 Å². The Labute approximate surface area is 161 Å². The minimum atomic E-state index is -0.724. The second-order valence-corrected chi connectivity index (χ2v) is 7.39. The van der Waals surface area contributed by atoms with Crippen LogP contribution in [0.15, 0.2) is 29.2 Å². The number of nitrogens with zero attached hydrogens (tertiary/aromatic N) is 1. The van der Waals surface area contributed by atoms with E-state index in [1.165, 1.54) is 11.8 Å². The van der Waals surface area contributed by atoms with E-state index in [0.29, 0.717) is 5.69 Å². The van der Waals surface area contributed by atoms with Crippen LogP contribution < -0.4 is 5.32 Å².